The van der Waals surface area contributed by atoms with E-state index < -0.39 is 0 Å². The molecule has 0 atom stereocenters. The van der Waals surface area contributed by atoms with Gasteiger partial charge in [0.05, 0.1) is 19.6 Å². The van der Waals surface area contributed by atoms with Crippen LogP contribution in [0.5, 0.6) is 5.75 Å². The minimum absolute atomic E-state index is 0.224. The monoisotopic (exact) mass is 318 g/mol. The number of esters is 1. The molecule has 22 heavy (non-hydrogen) atoms. The van der Waals surface area contributed by atoms with Gasteiger partial charge in [0.15, 0.2) is 0 Å². The van der Waals surface area contributed by atoms with E-state index in [9.17, 15) is 4.79 Å². The van der Waals surface area contributed by atoms with Crippen LogP contribution in [0.2, 0.25) is 5.02 Å². The molecular formula is C18H19ClO3. The molecule has 0 spiro atoms. The van der Waals surface area contributed by atoms with Crippen LogP contribution in [0.1, 0.15) is 19.4 Å². The first-order chi connectivity index (χ1) is 10.7. The van der Waals surface area contributed by atoms with Gasteiger partial charge in [-0.3, -0.25) is 4.79 Å². The number of carbonyl (C=O) groups excluding carboxylic acids is 1. The zero-order valence-electron chi connectivity index (χ0n) is 12.8. The van der Waals surface area contributed by atoms with E-state index in [2.05, 4.69) is 0 Å². The second-order valence-electron chi connectivity index (χ2n) is 4.71. The van der Waals surface area contributed by atoms with Crippen molar-refractivity contribution in [1.82, 2.24) is 0 Å². The van der Waals surface area contributed by atoms with Gasteiger partial charge >= 0.3 is 5.97 Å². The summed E-state index contributed by atoms with van der Waals surface area (Å²) in [7, 11) is 0. The molecule has 0 amide bonds. The number of carbonyl (C=O) groups is 1. The number of halogens is 1. The number of ether oxygens (including phenoxy) is 2. The van der Waals surface area contributed by atoms with Crippen molar-refractivity contribution in [1.29, 1.82) is 0 Å². The lowest BCUT2D eigenvalue weighted by Gasteiger charge is -2.14. The van der Waals surface area contributed by atoms with Gasteiger partial charge < -0.3 is 9.47 Å². The molecule has 0 radical (unpaired) electrons. The highest BCUT2D eigenvalue weighted by molar-refractivity contribution is 6.31. The van der Waals surface area contributed by atoms with Gasteiger partial charge in [-0.1, -0.05) is 35.9 Å². The number of hydrogen-bond donors (Lipinski definition) is 0. The van der Waals surface area contributed by atoms with Gasteiger partial charge in [-0.15, -0.1) is 0 Å². The average Bonchev–Trinajstić information content (AvgIpc) is 2.50. The molecule has 0 bridgehead atoms. The third-order valence-corrected chi connectivity index (χ3v) is 3.42. The van der Waals surface area contributed by atoms with Gasteiger partial charge in [0.2, 0.25) is 0 Å². The summed E-state index contributed by atoms with van der Waals surface area (Å²) < 4.78 is 10.7. The molecule has 4 heteroatoms. The average molecular weight is 319 g/mol. The lowest BCUT2D eigenvalue weighted by atomic mass is 9.97. The van der Waals surface area contributed by atoms with Crippen molar-refractivity contribution in [2.45, 2.75) is 20.3 Å². The van der Waals surface area contributed by atoms with Crippen LogP contribution in [0.4, 0.5) is 0 Å². The third-order valence-electron chi connectivity index (χ3n) is 3.19. The molecule has 0 aliphatic rings. The Kier molecular flexibility index (Phi) is 5.84. The van der Waals surface area contributed by atoms with Crippen LogP contribution in [-0.4, -0.2) is 19.2 Å². The number of hydrogen-bond acceptors (Lipinski definition) is 3. The molecule has 3 nitrogen and oxygen atoms in total. The largest absolute Gasteiger partial charge is 0.493 e. The summed E-state index contributed by atoms with van der Waals surface area (Å²) in [6, 6.07) is 13.2. The van der Waals surface area contributed by atoms with Crippen LogP contribution in [0.3, 0.4) is 0 Å². The molecule has 0 aromatic heterocycles. The normalized spacial score (nSPS) is 10.3. The molecule has 2 rings (SSSR count). The number of benzene rings is 2. The molecule has 2 aromatic carbocycles. The van der Waals surface area contributed by atoms with Crippen molar-refractivity contribution in [3.8, 4) is 16.9 Å². The summed E-state index contributed by atoms with van der Waals surface area (Å²) in [5.74, 6) is 0.512. The topological polar surface area (TPSA) is 35.5 Å². The Bertz CT molecular complexity index is 653. The minimum atomic E-state index is -0.241. The smallest absolute Gasteiger partial charge is 0.310 e. The lowest BCUT2D eigenvalue weighted by Crippen LogP contribution is -2.08. The van der Waals surface area contributed by atoms with Crippen LogP contribution in [0.25, 0.3) is 11.1 Å². The van der Waals surface area contributed by atoms with E-state index in [-0.39, 0.29) is 12.4 Å². The summed E-state index contributed by atoms with van der Waals surface area (Å²) in [6.07, 6.45) is 0.224. The minimum Gasteiger partial charge on any atom is -0.493 e. The van der Waals surface area contributed by atoms with Crippen molar-refractivity contribution in [2.24, 2.45) is 0 Å². The van der Waals surface area contributed by atoms with Crippen molar-refractivity contribution in [3.05, 3.63) is 53.1 Å². The van der Waals surface area contributed by atoms with Crippen LogP contribution in [0, 0.1) is 0 Å². The maximum atomic E-state index is 11.8. The van der Waals surface area contributed by atoms with Crippen molar-refractivity contribution >= 4 is 17.6 Å². The molecule has 116 valence electrons. The van der Waals surface area contributed by atoms with Crippen LogP contribution >= 0.6 is 11.6 Å². The van der Waals surface area contributed by atoms with E-state index in [1.165, 1.54) is 0 Å². The quantitative estimate of drug-likeness (QED) is 0.735. The molecule has 0 aliphatic heterocycles. The Morgan fingerprint density at radius 1 is 1.05 bits per heavy atom. The fourth-order valence-electron chi connectivity index (χ4n) is 2.30. The van der Waals surface area contributed by atoms with Crippen LogP contribution < -0.4 is 4.74 Å². The second kappa shape index (κ2) is 7.85. The van der Waals surface area contributed by atoms with Crippen molar-refractivity contribution in [3.63, 3.8) is 0 Å². The van der Waals surface area contributed by atoms with E-state index in [4.69, 9.17) is 21.1 Å². The maximum absolute atomic E-state index is 11.8. The van der Waals surface area contributed by atoms with Gasteiger partial charge in [0.1, 0.15) is 5.75 Å². The summed E-state index contributed by atoms with van der Waals surface area (Å²) in [4.78, 5) is 11.8. The molecule has 0 heterocycles. The molecule has 2 aromatic rings. The highest BCUT2D eigenvalue weighted by Gasteiger charge is 2.14. The fraction of sp³-hybridized carbons (Fsp3) is 0.278. The van der Waals surface area contributed by atoms with Crippen LogP contribution in [0.15, 0.2) is 42.5 Å². The molecule has 0 aliphatic carbocycles. The Hall–Kier alpha value is -2.00. The molecule has 0 saturated carbocycles. The van der Waals surface area contributed by atoms with Gasteiger partial charge in [-0.05, 0) is 43.2 Å². The SMILES string of the molecule is CCOC(=O)Cc1ccccc1-c1cc(Cl)ccc1OCC. The Morgan fingerprint density at radius 2 is 1.82 bits per heavy atom. The van der Waals surface area contributed by atoms with E-state index >= 15 is 0 Å². The fourth-order valence-corrected chi connectivity index (χ4v) is 2.47. The van der Waals surface area contributed by atoms with Gasteiger partial charge in [0.25, 0.3) is 0 Å². The first-order valence-electron chi connectivity index (χ1n) is 7.32. The van der Waals surface area contributed by atoms with E-state index in [1.54, 1.807) is 13.0 Å². The lowest BCUT2D eigenvalue weighted by molar-refractivity contribution is -0.142. The standard InChI is InChI=1S/C18H19ClO3/c1-3-21-17-10-9-14(19)12-16(17)15-8-6-5-7-13(15)11-18(20)22-4-2/h5-10,12H,3-4,11H2,1-2H3. The molecular weight excluding hydrogens is 300 g/mol. The van der Waals surface area contributed by atoms with E-state index in [1.807, 2.05) is 43.3 Å². The van der Waals surface area contributed by atoms with E-state index in [0.29, 0.717) is 18.2 Å². The predicted octanol–water partition coefficient (Wildman–Crippen LogP) is 4.51. The summed E-state index contributed by atoms with van der Waals surface area (Å²) in [5.41, 5.74) is 2.71. The summed E-state index contributed by atoms with van der Waals surface area (Å²) in [6.45, 7) is 4.67. The Balaban J connectivity index is 2.44. The number of rotatable bonds is 6. The van der Waals surface area contributed by atoms with Crippen molar-refractivity contribution < 1.29 is 14.3 Å². The molecule has 0 unspecified atom stereocenters. The van der Waals surface area contributed by atoms with Gasteiger partial charge in [0, 0.05) is 10.6 Å². The van der Waals surface area contributed by atoms with Gasteiger partial charge in [-0.25, -0.2) is 0 Å². The summed E-state index contributed by atoms with van der Waals surface area (Å²) in [5, 5.41) is 0.629. The molecule has 0 N–H and O–H groups in total. The second-order valence-corrected chi connectivity index (χ2v) is 5.15. The first-order valence-corrected chi connectivity index (χ1v) is 7.69. The van der Waals surface area contributed by atoms with Gasteiger partial charge in [-0.2, -0.15) is 0 Å². The Morgan fingerprint density at radius 3 is 2.55 bits per heavy atom. The van der Waals surface area contributed by atoms with E-state index in [0.717, 1.165) is 22.4 Å². The molecule has 0 fully saturated rings. The first kappa shape index (κ1) is 16.4. The predicted molar refractivity (Wildman–Crippen MR) is 88.4 cm³/mol. The third kappa shape index (κ3) is 4.01. The summed E-state index contributed by atoms with van der Waals surface area (Å²) >= 11 is 6.13. The highest BCUT2D eigenvalue weighted by atomic mass is 35.5. The maximum Gasteiger partial charge on any atom is 0.310 e. The Labute approximate surface area is 135 Å². The van der Waals surface area contributed by atoms with Crippen LogP contribution in [-0.2, 0) is 16.0 Å². The zero-order valence-corrected chi connectivity index (χ0v) is 13.5. The van der Waals surface area contributed by atoms with Crippen molar-refractivity contribution in [2.75, 3.05) is 13.2 Å². The molecule has 0 saturated heterocycles. The highest BCUT2D eigenvalue weighted by Crippen LogP contribution is 2.35. The zero-order chi connectivity index (χ0) is 15.9.